The van der Waals surface area contributed by atoms with Crippen LogP contribution in [0.5, 0.6) is 5.75 Å². The van der Waals surface area contributed by atoms with Crippen molar-refractivity contribution < 1.29 is 17.9 Å². The number of hydrogen-bond donors (Lipinski definition) is 1. The summed E-state index contributed by atoms with van der Waals surface area (Å²) >= 11 is 0. The van der Waals surface area contributed by atoms with Crippen molar-refractivity contribution >= 4 is 21.6 Å². The molecule has 1 N–H and O–H groups in total. The number of fused-ring (bicyclic) bond motifs is 1. The summed E-state index contributed by atoms with van der Waals surface area (Å²) < 4.78 is 34.0. The normalized spacial score (nSPS) is 19.5. The highest BCUT2D eigenvalue weighted by Gasteiger charge is 2.26. The molecule has 7 heteroatoms. The minimum absolute atomic E-state index is 0.0125. The van der Waals surface area contributed by atoms with Crippen LogP contribution in [0.1, 0.15) is 51.9 Å². The zero-order valence-electron chi connectivity index (χ0n) is 14.7. The molecule has 0 spiro atoms. The summed E-state index contributed by atoms with van der Waals surface area (Å²) in [5, 5.41) is 0. The molecule has 25 heavy (non-hydrogen) atoms. The smallest absolute Gasteiger partial charge is 0.240 e. The molecular weight excluding hydrogens is 340 g/mol. The van der Waals surface area contributed by atoms with E-state index in [1.54, 1.807) is 23.1 Å². The van der Waals surface area contributed by atoms with E-state index in [4.69, 9.17) is 4.74 Å². The molecule has 2 aliphatic rings. The number of carbonyl (C=O) groups excluding carboxylic acids is 1. The van der Waals surface area contributed by atoms with E-state index in [9.17, 15) is 13.2 Å². The number of nitrogens with one attached hydrogen (secondary N) is 1. The summed E-state index contributed by atoms with van der Waals surface area (Å²) in [5.41, 5.74) is 0.527. The minimum atomic E-state index is -3.61. The van der Waals surface area contributed by atoms with Crippen LogP contribution in [0.3, 0.4) is 0 Å². The fourth-order valence-electron chi connectivity index (χ4n) is 3.55. The van der Waals surface area contributed by atoms with Crippen molar-refractivity contribution in [2.75, 3.05) is 18.1 Å². The zero-order valence-corrected chi connectivity index (χ0v) is 15.5. The Bertz CT molecular complexity index is 725. The highest BCUT2D eigenvalue weighted by Crippen LogP contribution is 2.34. The van der Waals surface area contributed by atoms with Crippen molar-refractivity contribution in [2.45, 2.75) is 62.8 Å². The number of hydrogen-bond acceptors (Lipinski definition) is 4. The maximum absolute atomic E-state index is 12.8. The van der Waals surface area contributed by atoms with Crippen LogP contribution < -0.4 is 14.4 Å². The maximum atomic E-state index is 12.8. The number of ether oxygens (including phenoxy) is 1. The van der Waals surface area contributed by atoms with E-state index in [0.29, 0.717) is 24.6 Å². The molecular formula is C18H26N2O4S. The van der Waals surface area contributed by atoms with Gasteiger partial charge >= 0.3 is 0 Å². The number of amides is 1. The van der Waals surface area contributed by atoms with Crippen LogP contribution in [0, 0.1) is 0 Å². The lowest BCUT2D eigenvalue weighted by molar-refractivity contribution is -0.116. The molecule has 138 valence electrons. The Morgan fingerprint density at radius 1 is 1.16 bits per heavy atom. The summed E-state index contributed by atoms with van der Waals surface area (Å²) in [6, 6.07) is 4.72. The second kappa shape index (κ2) is 7.74. The number of sulfonamides is 1. The van der Waals surface area contributed by atoms with Crippen LogP contribution in [-0.2, 0) is 14.8 Å². The van der Waals surface area contributed by atoms with Gasteiger partial charge in [0.15, 0.2) is 0 Å². The molecule has 0 unspecified atom stereocenters. The summed E-state index contributed by atoms with van der Waals surface area (Å²) in [5.74, 6) is 0.429. The topological polar surface area (TPSA) is 75.7 Å². The quantitative estimate of drug-likeness (QED) is 0.892. The van der Waals surface area contributed by atoms with Gasteiger partial charge in [-0.1, -0.05) is 32.1 Å². The molecule has 0 atom stereocenters. The van der Waals surface area contributed by atoms with Gasteiger partial charge in [-0.15, -0.1) is 0 Å². The lowest BCUT2D eigenvalue weighted by Crippen LogP contribution is -2.37. The predicted octanol–water partition coefficient (Wildman–Crippen LogP) is 2.82. The van der Waals surface area contributed by atoms with Crippen LogP contribution >= 0.6 is 0 Å². The van der Waals surface area contributed by atoms with Gasteiger partial charge in [-0.2, -0.15) is 0 Å². The van der Waals surface area contributed by atoms with Gasteiger partial charge in [0.05, 0.1) is 17.1 Å². The van der Waals surface area contributed by atoms with Crippen molar-refractivity contribution in [3.05, 3.63) is 18.2 Å². The van der Waals surface area contributed by atoms with E-state index in [-0.39, 0.29) is 16.8 Å². The molecule has 3 rings (SSSR count). The highest BCUT2D eigenvalue weighted by molar-refractivity contribution is 7.89. The molecule has 1 aliphatic heterocycles. The van der Waals surface area contributed by atoms with Crippen LogP contribution in [0.4, 0.5) is 5.69 Å². The Balaban J connectivity index is 1.82. The molecule has 1 aliphatic carbocycles. The average Bonchev–Trinajstić information content (AvgIpc) is 2.56. The molecule has 0 aromatic heterocycles. The molecule has 1 fully saturated rings. The third-order valence-corrected chi connectivity index (χ3v) is 6.43. The predicted molar refractivity (Wildman–Crippen MR) is 96.4 cm³/mol. The Hall–Kier alpha value is -1.60. The van der Waals surface area contributed by atoms with Gasteiger partial charge in [0, 0.05) is 13.0 Å². The molecule has 6 nitrogen and oxygen atoms in total. The molecule has 0 saturated heterocycles. The second-order valence-electron chi connectivity index (χ2n) is 6.81. The Kier molecular flexibility index (Phi) is 5.64. The fraction of sp³-hybridized carbons (Fsp3) is 0.611. The van der Waals surface area contributed by atoms with Crippen LogP contribution in [-0.4, -0.2) is 33.5 Å². The molecule has 1 heterocycles. The zero-order chi connectivity index (χ0) is 17.9. The standard InChI is InChI=1S/C18H26N2O4S/c1-14(21)20-11-12-24-18-10-9-16(13-17(18)20)25(22,23)19-15-7-5-3-2-4-6-8-15/h9-10,13,15,19H,2-8,11-12H2,1H3. The van der Waals surface area contributed by atoms with Crippen molar-refractivity contribution in [3.63, 3.8) is 0 Å². The van der Waals surface area contributed by atoms with Gasteiger partial charge in [0.25, 0.3) is 0 Å². The lowest BCUT2D eigenvalue weighted by atomic mass is 9.97. The van der Waals surface area contributed by atoms with Gasteiger partial charge < -0.3 is 9.64 Å². The van der Waals surface area contributed by atoms with E-state index in [1.165, 1.54) is 26.2 Å². The van der Waals surface area contributed by atoms with E-state index < -0.39 is 10.0 Å². The summed E-state index contributed by atoms with van der Waals surface area (Å²) in [4.78, 5) is 13.6. The second-order valence-corrected chi connectivity index (χ2v) is 8.53. The van der Waals surface area contributed by atoms with Gasteiger partial charge in [-0.3, -0.25) is 4.79 Å². The number of carbonyl (C=O) groups is 1. The maximum Gasteiger partial charge on any atom is 0.240 e. The largest absolute Gasteiger partial charge is 0.490 e. The first-order chi connectivity index (χ1) is 12.0. The van der Waals surface area contributed by atoms with Crippen molar-refractivity contribution in [1.29, 1.82) is 0 Å². The number of nitrogens with zero attached hydrogens (tertiary/aromatic N) is 1. The number of anilines is 1. The van der Waals surface area contributed by atoms with E-state index >= 15 is 0 Å². The van der Waals surface area contributed by atoms with E-state index in [1.807, 2.05) is 0 Å². The van der Waals surface area contributed by atoms with E-state index in [2.05, 4.69) is 4.72 Å². The highest BCUT2D eigenvalue weighted by atomic mass is 32.2. The Morgan fingerprint density at radius 3 is 2.52 bits per heavy atom. The number of rotatable bonds is 3. The fourth-order valence-corrected chi connectivity index (χ4v) is 4.88. The van der Waals surface area contributed by atoms with Gasteiger partial charge in [-0.05, 0) is 31.0 Å². The van der Waals surface area contributed by atoms with Crippen LogP contribution in [0.15, 0.2) is 23.1 Å². The molecule has 1 saturated carbocycles. The summed E-state index contributed by atoms with van der Waals surface area (Å²) in [6.45, 7) is 2.32. The van der Waals surface area contributed by atoms with Gasteiger partial charge in [-0.25, -0.2) is 13.1 Å². The van der Waals surface area contributed by atoms with Crippen molar-refractivity contribution in [1.82, 2.24) is 4.72 Å². The third-order valence-electron chi connectivity index (χ3n) is 4.91. The summed E-state index contributed by atoms with van der Waals surface area (Å²) in [6.07, 6.45) is 7.46. The van der Waals surface area contributed by atoms with Crippen LogP contribution in [0.2, 0.25) is 0 Å². The van der Waals surface area contributed by atoms with Gasteiger partial charge in [0.1, 0.15) is 12.4 Å². The molecule has 0 radical (unpaired) electrons. The number of benzene rings is 1. The lowest BCUT2D eigenvalue weighted by Gasteiger charge is -2.29. The Morgan fingerprint density at radius 2 is 1.84 bits per heavy atom. The monoisotopic (exact) mass is 366 g/mol. The molecule has 1 aromatic rings. The third kappa shape index (κ3) is 4.33. The SMILES string of the molecule is CC(=O)N1CCOc2ccc(S(=O)(=O)NC3CCCCCCC3)cc21. The average molecular weight is 366 g/mol. The summed E-state index contributed by atoms with van der Waals surface area (Å²) in [7, 11) is -3.61. The molecule has 1 aromatic carbocycles. The van der Waals surface area contributed by atoms with Crippen molar-refractivity contribution in [3.8, 4) is 5.75 Å². The van der Waals surface area contributed by atoms with Gasteiger partial charge in [0.2, 0.25) is 15.9 Å². The van der Waals surface area contributed by atoms with E-state index in [0.717, 1.165) is 25.7 Å². The first kappa shape index (κ1) is 18.2. The van der Waals surface area contributed by atoms with Crippen molar-refractivity contribution in [2.24, 2.45) is 0 Å². The minimum Gasteiger partial charge on any atom is -0.490 e. The van der Waals surface area contributed by atoms with Crippen LogP contribution in [0.25, 0.3) is 0 Å². The first-order valence-corrected chi connectivity index (χ1v) is 10.5. The first-order valence-electron chi connectivity index (χ1n) is 9.05. The molecule has 0 bridgehead atoms. The Labute approximate surface area is 149 Å². The molecule has 1 amide bonds.